The number of benzene rings is 1. The Morgan fingerprint density at radius 2 is 2.10 bits per heavy atom. The van der Waals surface area contributed by atoms with Gasteiger partial charge in [0.2, 0.25) is 0 Å². The lowest BCUT2D eigenvalue weighted by Crippen LogP contribution is -2.46. The first kappa shape index (κ1) is 13.6. The standard InChI is InChI=1S/C17H22N2S/c1-11-5-7-13(19-16(11)17(2,3)4)12-6-8-15-14(9-12)18-10-20-15/h6-11,16,19H,5H2,1-4H3. The molecule has 0 saturated carbocycles. The molecule has 1 aliphatic rings. The lowest BCUT2D eigenvalue weighted by atomic mass is 9.76. The summed E-state index contributed by atoms with van der Waals surface area (Å²) in [6.45, 7) is 9.27. The van der Waals surface area contributed by atoms with Gasteiger partial charge in [-0.1, -0.05) is 39.8 Å². The van der Waals surface area contributed by atoms with Crippen LogP contribution in [0.3, 0.4) is 0 Å². The van der Waals surface area contributed by atoms with Gasteiger partial charge in [-0.25, -0.2) is 4.98 Å². The predicted octanol–water partition coefficient (Wildman–Crippen LogP) is 4.68. The third-order valence-corrected chi connectivity index (χ3v) is 4.96. The van der Waals surface area contributed by atoms with E-state index in [0.29, 0.717) is 12.0 Å². The number of nitrogens with zero attached hydrogens (tertiary/aromatic N) is 1. The van der Waals surface area contributed by atoms with Crippen molar-refractivity contribution < 1.29 is 0 Å². The fourth-order valence-electron chi connectivity index (χ4n) is 3.11. The fourth-order valence-corrected chi connectivity index (χ4v) is 3.76. The number of fused-ring (bicyclic) bond motifs is 1. The number of thiazole rings is 1. The van der Waals surface area contributed by atoms with Crippen LogP contribution in [0.4, 0.5) is 0 Å². The highest BCUT2D eigenvalue weighted by Gasteiger charge is 2.32. The molecule has 0 saturated heterocycles. The maximum atomic E-state index is 4.42. The van der Waals surface area contributed by atoms with Crippen LogP contribution in [0, 0.1) is 11.3 Å². The van der Waals surface area contributed by atoms with Gasteiger partial charge in [0.15, 0.2) is 0 Å². The van der Waals surface area contributed by atoms with Gasteiger partial charge >= 0.3 is 0 Å². The second-order valence-electron chi connectivity index (χ2n) is 6.85. The van der Waals surface area contributed by atoms with Crippen molar-refractivity contribution in [1.29, 1.82) is 0 Å². The van der Waals surface area contributed by atoms with Crippen molar-refractivity contribution in [2.24, 2.45) is 11.3 Å². The molecule has 0 fully saturated rings. The quantitative estimate of drug-likeness (QED) is 0.823. The van der Waals surface area contributed by atoms with E-state index in [1.807, 2.05) is 5.51 Å². The molecule has 106 valence electrons. The highest BCUT2D eigenvalue weighted by atomic mass is 32.1. The highest BCUT2D eigenvalue weighted by Crippen LogP contribution is 2.34. The molecule has 2 unspecified atom stereocenters. The van der Waals surface area contributed by atoms with Crippen molar-refractivity contribution in [2.75, 3.05) is 0 Å². The third-order valence-electron chi connectivity index (χ3n) is 4.15. The number of hydrogen-bond acceptors (Lipinski definition) is 3. The van der Waals surface area contributed by atoms with Gasteiger partial charge in [-0.15, -0.1) is 11.3 Å². The summed E-state index contributed by atoms with van der Waals surface area (Å²) in [6.07, 6.45) is 3.47. The zero-order chi connectivity index (χ0) is 14.3. The molecule has 0 spiro atoms. The molecule has 1 aromatic heterocycles. The lowest BCUT2D eigenvalue weighted by molar-refractivity contribution is 0.217. The predicted molar refractivity (Wildman–Crippen MR) is 87.8 cm³/mol. The van der Waals surface area contributed by atoms with E-state index in [0.717, 1.165) is 11.9 Å². The van der Waals surface area contributed by atoms with Gasteiger partial charge < -0.3 is 5.32 Å². The number of allylic oxidation sites excluding steroid dienone is 1. The average molecular weight is 286 g/mol. The van der Waals surface area contributed by atoms with E-state index in [1.54, 1.807) is 11.3 Å². The van der Waals surface area contributed by atoms with Gasteiger partial charge in [-0.05, 0) is 35.4 Å². The molecular formula is C17H22N2S. The zero-order valence-electron chi connectivity index (χ0n) is 12.6. The van der Waals surface area contributed by atoms with Crippen molar-refractivity contribution in [1.82, 2.24) is 10.3 Å². The summed E-state index contributed by atoms with van der Waals surface area (Å²) in [4.78, 5) is 4.42. The Morgan fingerprint density at radius 3 is 2.85 bits per heavy atom. The molecule has 1 aliphatic heterocycles. The molecule has 0 aliphatic carbocycles. The van der Waals surface area contributed by atoms with Crippen molar-refractivity contribution >= 4 is 27.3 Å². The molecule has 2 nitrogen and oxygen atoms in total. The first-order valence-electron chi connectivity index (χ1n) is 7.25. The molecule has 3 rings (SSSR count). The van der Waals surface area contributed by atoms with Gasteiger partial charge in [-0.2, -0.15) is 0 Å². The second-order valence-corrected chi connectivity index (χ2v) is 7.74. The van der Waals surface area contributed by atoms with Crippen LogP contribution in [0.5, 0.6) is 0 Å². The van der Waals surface area contributed by atoms with E-state index in [-0.39, 0.29) is 5.41 Å². The van der Waals surface area contributed by atoms with Crippen molar-refractivity contribution in [2.45, 2.75) is 40.2 Å². The molecular weight excluding hydrogens is 264 g/mol. The molecule has 2 heterocycles. The Hall–Kier alpha value is -1.35. The summed E-state index contributed by atoms with van der Waals surface area (Å²) in [5, 5.41) is 3.75. The Labute approximate surface area is 124 Å². The summed E-state index contributed by atoms with van der Waals surface area (Å²) in [7, 11) is 0. The Bertz CT molecular complexity index is 648. The van der Waals surface area contributed by atoms with E-state index in [2.05, 4.69) is 62.3 Å². The van der Waals surface area contributed by atoms with E-state index in [9.17, 15) is 0 Å². The van der Waals surface area contributed by atoms with E-state index in [4.69, 9.17) is 0 Å². The Kier molecular flexibility index (Phi) is 3.33. The monoisotopic (exact) mass is 286 g/mol. The van der Waals surface area contributed by atoms with Crippen LogP contribution in [0.15, 0.2) is 29.8 Å². The van der Waals surface area contributed by atoms with Crippen molar-refractivity contribution in [3.63, 3.8) is 0 Å². The molecule has 0 amide bonds. The van der Waals surface area contributed by atoms with Crippen LogP contribution in [-0.2, 0) is 0 Å². The largest absolute Gasteiger partial charge is 0.381 e. The normalized spacial score (nSPS) is 23.5. The van der Waals surface area contributed by atoms with Crippen LogP contribution in [0.2, 0.25) is 0 Å². The van der Waals surface area contributed by atoms with Crippen LogP contribution < -0.4 is 5.32 Å². The molecule has 20 heavy (non-hydrogen) atoms. The zero-order valence-corrected chi connectivity index (χ0v) is 13.4. The summed E-state index contributed by atoms with van der Waals surface area (Å²) < 4.78 is 1.26. The molecule has 2 atom stereocenters. The Morgan fingerprint density at radius 1 is 1.30 bits per heavy atom. The summed E-state index contributed by atoms with van der Waals surface area (Å²) in [6, 6.07) is 7.08. The smallest absolute Gasteiger partial charge is 0.0818 e. The first-order valence-corrected chi connectivity index (χ1v) is 8.13. The minimum atomic E-state index is 0.268. The average Bonchev–Trinajstić information content (AvgIpc) is 2.85. The topological polar surface area (TPSA) is 24.9 Å². The van der Waals surface area contributed by atoms with Crippen LogP contribution >= 0.6 is 11.3 Å². The highest BCUT2D eigenvalue weighted by molar-refractivity contribution is 7.16. The maximum Gasteiger partial charge on any atom is 0.0818 e. The van der Waals surface area contributed by atoms with Crippen molar-refractivity contribution in [3.05, 3.63) is 35.3 Å². The van der Waals surface area contributed by atoms with Gasteiger partial charge in [0.1, 0.15) is 0 Å². The molecule has 3 heteroatoms. The maximum absolute atomic E-state index is 4.42. The molecule has 1 aromatic carbocycles. The summed E-state index contributed by atoms with van der Waals surface area (Å²) in [5.74, 6) is 0.668. The SMILES string of the molecule is CC1CC=C(c2ccc3scnc3c2)NC1C(C)(C)C. The fraction of sp³-hybridized carbons (Fsp3) is 0.471. The molecule has 1 N–H and O–H groups in total. The molecule has 0 bridgehead atoms. The van der Waals surface area contributed by atoms with Crippen LogP contribution in [-0.4, -0.2) is 11.0 Å². The summed E-state index contributed by atoms with van der Waals surface area (Å²) in [5.41, 5.74) is 5.80. The van der Waals surface area contributed by atoms with Gasteiger partial charge in [0.05, 0.1) is 15.7 Å². The van der Waals surface area contributed by atoms with Crippen molar-refractivity contribution in [3.8, 4) is 0 Å². The lowest BCUT2D eigenvalue weighted by Gasteiger charge is -2.40. The molecule has 2 aromatic rings. The number of nitrogens with one attached hydrogen (secondary N) is 1. The number of hydrogen-bond donors (Lipinski definition) is 1. The van der Waals surface area contributed by atoms with Crippen LogP contribution in [0.1, 0.15) is 39.7 Å². The van der Waals surface area contributed by atoms with Gasteiger partial charge in [-0.3, -0.25) is 0 Å². The second kappa shape index (κ2) is 4.88. The van der Waals surface area contributed by atoms with Gasteiger partial charge in [0, 0.05) is 11.7 Å². The van der Waals surface area contributed by atoms with E-state index < -0.39 is 0 Å². The number of rotatable bonds is 1. The number of aromatic nitrogens is 1. The third kappa shape index (κ3) is 2.47. The molecule has 0 radical (unpaired) electrons. The Balaban J connectivity index is 1.93. The van der Waals surface area contributed by atoms with E-state index >= 15 is 0 Å². The minimum Gasteiger partial charge on any atom is -0.381 e. The van der Waals surface area contributed by atoms with E-state index in [1.165, 1.54) is 16.0 Å². The minimum absolute atomic E-state index is 0.268. The van der Waals surface area contributed by atoms with Crippen LogP contribution in [0.25, 0.3) is 15.9 Å². The first-order chi connectivity index (χ1) is 9.45. The summed E-state index contributed by atoms with van der Waals surface area (Å²) >= 11 is 1.70. The van der Waals surface area contributed by atoms with Gasteiger partial charge in [0.25, 0.3) is 0 Å².